The van der Waals surface area contributed by atoms with Gasteiger partial charge in [0, 0.05) is 38.1 Å². The van der Waals surface area contributed by atoms with Gasteiger partial charge in [0.25, 0.3) is 5.91 Å². The van der Waals surface area contributed by atoms with Crippen LogP contribution in [-0.4, -0.2) is 48.1 Å². The summed E-state index contributed by atoms with van der Waals surface area (Å²) in [7, 11) is 0. The SMILES string of the molecule is O=C(Nc1cccc(F)c1)Nc1cccc(C(=O)Nc2cnccc2N2CCNCC2)n1. The standard InChI is InChI=1S/C22H22FN7O2/c23-15-3-1-4-16(13-15)26-22(32)29-20-6-2-5-17(27-20)21(31)28-18-14-25-8-7-19(18)30-11-9-24-10-12-30/h1-8,13-14,24H,9-12H2,(H,28,31)(H2,26,27,29,32). The lowest BCUT2D eigenvalue weighted by atomic mass is 10.2. The normalized spacial score (nSPS) is 13.3. The number of piperazine rings is 1. The monoisotopic (exact) mass is 435 g/mol. The molecule has 0 radical (unpaired) electrons. The first-order chi connectivity index (χ1) is 15.6. The Balaban J connectivity index is 1.43. The second-order valence-electron chi connectivity index (χ2n) is 7.08. The third-order valence-electron chi connectivity index (χ3n) is 4.81. The molecule has 9 nitrogen and oxygen atoms in total. The summed E-state index contributed by atoms with van der Waals surface area (Å²) in [5.74, 6) is -0.709. The number of nitrogens with one attached hydrogen (secondary N) is 4. The molecule has 0 saturated carbocycles. The number of rotatable bonds is 5. The summed E-state index contributed by atoms with van der Waals surface area (Å²) in [6.07, 6.45) is 3.29. The Bertz CT molecular complexity index is 1120. The van der Waals surface area contributed by atoms with Crippen molar-refractivity contribution >= 4 is 34.8 Å². The molecule has 4 N–H and O–H groups in total. The molecule has 0 unspecified atom stereocenters. The number of urea groups is 1. The van der Waals surface area contributed by atoms with E-state index in [1.165, 1.54) is 18.2 Å². The molecule has 3 amide bonds. The highest BCUT2D eigenvalue weighted by atomic mass is 19.1. The van der Waals surface area contributed by atoms with Crippen molar-refractivity contribution in [3.05, 3.63) is 72.4 Å². The summed E-state index contributed by atoms with van der Waals surface area (Å²) in [6.45, 7) is 3.38. The van der Waals surface area contributed by atoms with Crippen molar-refractivity contribution in [3.8, 4) is 0 Å². The van der Waals surface area contributed by atoms with Gasteiger partial charge in [0.05, 0.1) is 17.6 Å². The fraction of sp³-hybridized carbons (Fsp3) is 0.182. The number of amides is 3. The van der Waals surface area contributed by atoms with E-state index in [1.54, 1.807) is 36.7 Å². The van der Waals surface area contributed by atoms with Crippen molar-refractivity contribution < 1.29 is 14.0 Å². The zero-order valence-corrected chi connectivity index (χ0v) is 17.1. The highest BCUT2D eigenvalue weighted by Gasteiger charge is 2.17. The largest absolute Gasteiger partial charge is 0.367 e. The van der Waals surface area contributed by atoms with Crippen LogP contribution in [0.1, 0.15) is 10.5 Å². The molecule has 2 aromatic heterocycles. The highest BCUT2D eigenvalue weighted by molar-refractivity contribution is 6.05. The fourth-order valence-electron chi connectivity index (χ4n) is 3.33. The lowest BCUT2D eigenvalue weighted by molar-refractivity contribution is 0.102. The molecule has 32 heavy (non-hydrogen) atoms. The van der Waals surface area contributed by atoms with E-state index in [1.807, 2.05) is 6.07 Å². The number of benzene rings is 1. The van der Waals surface area contributed by atoms with E-state index in [0.29, 0.717) is 11.4 Å². The summed E-state index contributed by atoms with van der Waals surface area (Å²) in [5.41, 5.74) is 1.90. The zero-order valence-electron chi connectivity index (χ0n) is 17.1. The quantitative estimate of drug-likeness (QED) is 0.490. The third-order valence-corrected chi connectivity index (χ3v) is 4.81. The Labute approximate surface area is 184 Å². The zero-order chi connectivity index (χ0) is 22.3. The summed E-state index contributed by atoms with van der Waals surface area (Å²) >= 11 is 0. The van der Waals surface area contributed by atoms with Crippen molar-refractivity contribution in [3.63, 3.8) is 0 Å². The van der Waals surface area contributed by atoms with Crippen LogP contribution in [0.3, 0.4) is 0 Å². The van der Waals surface area contributed by atoms with Crippen LogP contribution in [0, 0.1) is 5.82 Å². The number of halogens is 1. The Morgan fingerprint density at radius 1 is 1.00 bits per heavy atom. The lowest BCUT2D eigenvalue weighted by Gasteiger charge is -2.30. The molecule has 3 aromatic rings. The Hall–Kier alpha value is -4.05. The minimum Gasteiger partial charge on any atom is -0.367 e. The van der Waals surface area contributed by atoms with Gasteiger partial charge in [-0.2, -0.15) is 0 Å². The predicted octanol–water partition coefficient (Wildman–Crippen LogP) is 2.92. The Kier molecular flexibility index (Phi) is 6.52. The van der Waals surface area contributed by atoms with Crippen LogP contribution in [-0.2, 0) is 0 Å². The van der Waals surface area contributed by atoms with Crippen LogP contribution in [0.25, 0.3) is 0 Å². The third kappa shape index (κ3) is 5.35. The van der Waals surface area contributed by atoms with Gasteiger partial charge < -0.3 is 20.9 Å². The first-order valence-corrected chi connectivity index (χ1v) is 10.1. The maximum Gasteiger partial charge on any atom is 0.324 e. The van der Waals surface area contributed by atoms with Gasteiger partial charge in [-0.25, -0.2) is 14.2 Å². The summed E-state index contributed by atoms with van der Waals surface area (Å²) in [4.78, 5) is 35.5. The van der Waals surface area contributed by atoms with Gasteiger partial charge in [-0.3, -0.25) is 15.1 Å². The number of hydrogen-bond donors (Lipinski definition) is 4. The van der Waals surface area contributed by atoms with Gasteiger partial charge in [0.1, 0.15) is 17.3 Å². The Morgan fingerprint density at radius 2 is 1.81 bits per heavy atom. The minimum absolute atomic E-state index is 0.128. The smallest absolute Gasteiger partial charge is 0.324 e. The van der Waals surface area contributed by atoms with Crippen LogP contribution >= 0.6 is 0 Å². The van der Waals surface area contributed by atoms with Gasteiger partial charge in [-0.05, 0) is 36.4 Å². The number of anilines is 4. The van der Waals surface area contributed by atoms with E-state index in [2.05, 4.69) is 36.1 Å². The van der Waals surface area contributed by atoms with Crippen molar-refractivity contribution in [2.45, 2.75) is 0 Å². The molecule has 1 aliphatic rings. The second kappa shape index (κ2) is 9.84. The maximum atomic E-state index is 13.3. The molecule has 1 saturated heterocycles. The maximum absolute atomic E-state index is 13.3. The van der Waals surface area contributed by atoms with Crippen molar-refractivity contribution in [2.24, 2.45) is 0 Å². The second-order valence-corrected chi connectivity index (χ2v) is 7.08. The average molecular weight is 435 g/mol. The number of nitrogens with zero attached hydrogens (tertiary/aromatic N) is 3. The topological polar surface area (TPSA) is 111 Å². The van der Waals surface area contributed by atoms with Crippen LogP contribution in [0.4, 0.5) is 32.1 Å². The molecule has 0 atom stereocenters. The fourth-order valence-corrected chi connectivity index (χ4v) is 3.33. The molecule has 1 aliphatic heterocycles. The van der Waals surface area contributed by atoms with Crippen molar-refractivity contribution in [1.29, 1.82) is 0 Å². The summed E-state index contributed by atoms with van der Waals surface area (Å²) < 4.78 is 13.3. The van der Waals surface area contributed by atoms with Crippen molar-refractivity contribution in [1.82, 2.24) is 15.3 Å². The molecule has 1 fully saturated rings. The van der Waals surface area contributed by atoms with Gasteiger partial charge in [0.15, 0.2) is 0 Å². The number of carbonyl (C=O) groups is 2. The lowest BCUT2D eigenvalue weighted by Crippen LogP contribution is -2.43. The van der Waals surface area contributed by atoms with E-state index >= 15 is 0 Å². The average Bonchev–Trinajstić information content (AvgIpc) is 2.80. The van der Waals surface area contributed by atoms with Crippen LogP contribution < -0.4 is 26.2 Å². The number of aromatic nitrogens is 2. The minimum atomic E-state index is -0.603. The molecule has 0 spiro atoms. The molecule has 1 aromatic carbocycles. The molecule has 10 heteroatoms. The van der Waals surface area contributed by atoms with Gasteiger partial charge in [-0.1, -0.05) is 12.1 Å². The highest BCUT2D eigenvalue weighted by Crippen LogP contribution is 2.25. The van der Waals surface area contributed by atoms with Gasteiger partial charge >= 0.3 is 6.03 Å². The molecule has 164 valence electrons. The number of pyridine rings is 2. The molecular weight excluding hydrogens is 413 g/mol. The summed E-state index contributed by atoms with van der Waals surface area (Å²) in [5, 5.41) is 11.2. The van der Waals surface area contributed by atoms with E-state index < -0.39 is 17.8 Å². The van der Waals surface area contributed by atoms with E-state index in [4.69, 9.17) is 0 Å². The van der Waals surface area contributed by atoms with Crippen LogP contribution in [0.2, 0.25) is 0 Å². The summed E-state index contributed by atoms with van der Waals surface area (Å²) in [6, 6.07) is 11.5. The number of hydrogen-bond acceptors (Lipinski definition) is 6. The first kappa shape index (κ1) is 21.2. The van der Waals surface area contributed by atoms with Gasteiger partial charge in [-0.15, -0.1) is 0 Å². The van der Waals surface area contributed by atoms with Crippen LogP contribution in [0.5, 0.6) is 0 Å². The Morgan fingerprint density at radius 3 is 2.62 bits per heavy atom. The van der Waals surface area contributed by atoms with E-state index in [0.717, 1.165) is 31.9 Å². The first-order valence-electron chi connectivity index (χ1n) is 10.1. The predicted molar refractivity (Wildman–Crippen MR) is 121 cm³/mol. The van der Waals surface area contributed by atoms with Gasteiger partial charge in [0.2, 0.25) is 0 Å². The molecule has 3 heterocycles. The number of carbonyl (C=O) groups excluding carboxylic acids is 2. The molecule has 4 rings (SSSR count). The van der Waals surface area contributed by atoms with E-state index in [9.17, 15) is 14.0 Å². The molecule has 0 bridgehead atoms. The van der Waals surface area contributed by atoms with E-state index in [-0.39, 0.29) is 11.5 Å². The van der Waals surface area contributed by atoms with Crippen molar-refractivity contribution in [2.75, 3.05) is 47.0 Å². The van der Waals surface area contributed by atoms with Crippen LogP contribution in [0.15, 0.2) is 60.9 Å². The molecular formula is C22H22FN7O2. The molecule has 0 aliphatic carbocycles.